The van der Waals surface area contributed by atoms with Gasteiger partial charge < -0.3 is 10.2 Å². The minimum Gasteiger partial charge on any atom is -0.414 e. The van der Waals surface area contributed by atoms with Crippen LogP contribution in [-0.4, -0.2) is 20.2 Å². The Morgan fingerprint density at radius 2 is 2.19 bits per heavy atom. The van der Waals surface area contributed by atoms with Gasteiger partial charge in [0.25, 0.3) is 5.89 Å². The average Bonchev–Trinajstić information content (AvgIpc) is 3.18. The molecule has 0 atom stereocenters. The maximum Gasteiger partial charge on any atom is 0.270 e. The van der Waals surface area contributed by atoms with Crippen LogP contribution in [0.3, 0.4) is 0 Å². The molecule has 130 valence electrons. The van der Waals surface area contributed by atoms with Gasteiger partial charge in [-0.25, -0.2) is 9.97 Å². The first-order chi connectivity index (χ1) is 13.2. The maximum absolute atomic E-state index is 9.06. The Kier molecular flexibility index (Phi) is 5.06. The van der Waals surface area contributed by atoms with E-state index in [9.17, 15) is 0 Å². The Labute approximate surface area is 155 Å². The van der Waals surface area contributed by atoms with E-state index in [4.69, 9.17) is 21.8 Å². The van der Waals surface area contributed by atoms with Gasteiger partial charge in [-0.1, -0.05) is 30.2 Å². The van der Waals surface area contributed by atoms with Crippen LogP contribution in [0.1, 0.15) is 18.4 Å². The lowest BCUT2D eigenvalue weighted by molar-refractivity contribution is 0.552. The number of hydrogen-bond donors (Lipinski definition) is 1. The number of rotatable bonds is 4. The van der Waals surface area contributed by atoms with Crippen LogP contribution in [0.15, 0.2) is 53.1 Å². The summed E-state index contributed by atoms with van der Waals surface area (Å²) in [6.07, 6.45) is 11.9. The van der Waals surface area contributed by atoms with Gasteiger partial charge in [-0.2, -0.15) is 5.26 Å². The molecule has 3 rings (SSSR count). The third kappa shape index (κ3) is 3.73. The first kappa shape index (κ1) is 17.6. The summed E-state index contributed by atoms with van der Waals surface area (Å²) in [5, 5.41) is 17.1. The van der Waals surface area contributed by atoms with Crippen LogP contribution >= 0.6 is 0 Å². The van der Waals surface area contributed by atoms with E-state index in [1.165, 1.54) is 12.3 Å². The molecule has 0 saturated carbocycles. The minimum absolute atomic E-state index is 0.126. The molecule has 0 fully saturated rings. The van der Waals surface area contributed by atoms with Gasteiger partial charge in [-0.15, -0.1) is 16.6 Å². The van der Waals surface area contributed by atoms with E-state index in [0.29, 0.717) is 16.8 Å². The average molecular weight is 354 g/mol. The normalized spacial score (nSPS) is 11.3. The Hall–Kier alpha value is -4.23. The molecule has 2 heterocycles. The third-order valence-electron chi connectivity index (χ3n) is 3.55. The van der Waals surface area contributed by atoms with E-state index in [1.807, 2.05) is 19.1 Å². The van der Waals surface area contributed by atoms with Crippen LogP contribution in [0.4, 0.5) is 5.82 Å². The molecular formula is C20H14N6O. The summed E-state index contributed by atoms with van der Waals surface area (Å²) in [6.45, 7) is 1.85. The van der Waals surface area contributed by atoms with Crippen molar-refractivity contribution in [1.82, 2.24) is 20.2 Å². The monoisotopic (exact) mass is 354 g/mol. The molecule has 27 heavy (non-hydrogen) atoms. The van der Waals surface area contributed by atoms with E-state index in [-0.39, 0.29) is 23.3 Å². The van der Waals surface area contributed by atoms with Crippen molar-refractivity contribution in [3.8, 4) is 41.3 Å². The molecule has 2 N–H and O–H groups in total. The van der Waals surface area contributed by atoms with Crippen molar-refractivity contribution in [3.63, 3.8) is 0 Å². The number of anilines is 1. The summed E-state index contributed by atoms with van der Waals surface area (Å²) in [6, 6.07) is 9.10. The SMILES string of the molecule is C#C/C=C(\C=C/C)c1nnc(-c2nc(-c3cccc(C#N)c3)cnc2N)o1. The number of aromatic nitrogens is 4. The van der Waals surface area contributed by atoms with Crippen molar-refractivity contribution in [2.24, 2.45) is 0 Å². The molecule has 1 aromatic carbocycles. The Morgan fingerprint density at radius 3 is 2.93 bits per heavy atom. The van der Waals surface area contributed by atoms with E-state index in [1.54, 1.807) is 24.3 Å². The molecule has 2 aromatic heterocycles. The summed E-state index contributed by atoms with van der Waals surface area (Å²) in [7, 11) is 0. The summed E-state index contributed by atoms with van der Waals surface area (Å²) in [5.74, 6) is 2.96. The van der Waals surface area contributed by atoms with Crippen molar-refractivity contribution >= 4 is 11.4 Å². The van der Waals surface area contributed by atoms with Gasteiger partial charge in [-0.3, -0.25) is 0 Å². The number of hydrogen-bond acceptors (Lipinski definition) is 7. The van der Waals surface area contributed by atoms with Crippen LogP contribution < -0.4 is 5.73 Å². The summed E-state index contributed by atoms with van der Waals surface area (Å²) in [4.78, 5) is 8.64. The first-order valence-corrected chi connectivity index (χ1v) is 7.92. The highest BCUT2D eigenvalue weighted by Crippen LogP contribution is 2.27. The van der Waals surface area contributed by atoms with Crippen LogP contribution in [0, 0.1) is 23.7 Å². The van der Waals surface area contributed by atoms with Crippen LogP contribution in [0.2, 0.25) is 0 Å². The second kappa shape index (κ2) is 7.77. The number of nitrogen functional groups attached to an aromatic ring is 1. The van der Waals surface area contributed by atoms with Crippen LogP contribution in [0.25, 0.3) is 28.4 Å². The number of benzene rings is 1. The zero-order chi connectivity index (χ0) is 19.2. The maximum atomic E-state index is 9.06. The fourth-order valence-corrected chi connectivity index (χ4v) is 2.33. The molecule has 0 bridgehead atoms. The molecule has 0 saturated heterocycles. The zero-order valence-corrected chi connectivity index (χ0v) is 14.4. The highest BCUT2D eigenvalue weighted by molar-refractivity contribution is 5.72. The molecule has 3 aromatic rings. The lowest BCUT2D eigenvalue weighted by Crippen LogP contribution is -1.99. The smallest absolute Gasteiger partial charge is 0.270 e. The number of nitrogens with two attached hydrogens (primary N) is 1. The molecule has 0 radical (unpaired) electrons. The molecule has 0 amide bonds. The van der Waals surface area contributed by atoms with Crippen molar-refractivity contribution in [3.05, 3.63) is 60.1 Å². The number of terminal acetylenes is 1. The van der Waals surface area contributed by atoms with E-state index < -0.39 is 0 Å². The summed E-state index contributed by atoms with van der Waals surface area (Å²) >= 11 is 0. The second-order valence-electron chi connectivity index (χ2n) is 5.36. The molecule has 0 aliphatic heterocycles. The Morgan fingerprint density at radius 1 is 1.33 bits per heavy atom. The molecule has 7 nitrogen and oxygen atoms in total. The van der Waals surface area contributed by atoms with Gasteiger partial charge >= 0.3 is 0 Å². The largest absolute Gasteiger partial charge is 0.414 e. The summed E-state index contributed by atoms with van der Waals surface area (Å²) in [5.41, 5.74) is 8.58. The number of nitriles is 1. The molecule has 0 spiro atoms. The molecule has 0 aliphatic rings. The predicted octanol–water partition coefficient (Wildman–Crippen LogP) is 3.24. The van der Waals surface area contributed by atoms with Crippen LogP contribution in [-0.2, 0) is 0 Å². The van der Waals surface area contributed by atoms with Gasteiger partial charge in [0.1, 0.15) is 0 Å². The zero-order valence-electron chi connectivity index (χ0n) is 14.4. The van der Waals surface area contributed by atoms with Crippen molar-refractivity contribution in [2.45, 2.75) is 6.92 Å². The van der Waals surface area contributed by atoms with Gasteiger partial charge in [0.15, 0.2) is 11.5 Å². The van der Waals surface area contributed by atoms with Crippen LogP contribution in [0.5, 0.6) is 0 Å². The van der Waals surface area contributed by atoms with Gasteiger partial charge in [0, 0.05) is 17.2 Å². The number of nitrogens with zero attached hydrogens (tertiary/aromatic N) is 5. The fourth-order valence-electron chi connectivity index (χ4n) is 2.33. The second-order valence-corrected chi connectivity index (χ2v) is 5.36. The molecule has 0 aliphatic carbocycles. The standard InChI is InChI=1S/C20H14N6O/c1-3-6-14(7-4-2)19-25-26-20(27-19)17-18(22)23-12-16(24-17)15-9-5-8-13(10-15)11-21/h1,4-10,12H,2H3,(H2,22,23)/b7-4-,14-6+. The van der Waals surface area contributed by atoms with E-state index in [2.05, 4.69) is 32.2 Å². The lowest BCUT2D eigenvalue weighted by Gasteiger charge is -2.04. The molecular weight excluding hydrogens is 340 g/mol. The van der Waals surface area contributed by atoms with Crippen molar-refractivity contribution in [2.75, 3.05) is 5.73 Å². The third-order valence-corrected chi connectivity index (χ3v) is 3.55. The molecule has 7 heteroatoms. The highest BCUT2D eigenvalue weighted by atomic mass is 16.4. The highest BCUT2D eigenvalue weighted by Gasteiger charge is 2.17. The lowest BCUT2D eigenvalue weighted by atomic mass is 10.1. The van der Waals surface area contributed by atoms with Gasteiger partial charge in [-0.05, 0) is 19.1 Å². The van der Waals surface area contributed by atoms with Crippen molar-refractivity contribution in [1.29, 1.82) is 5.26 Å². The van der Waals surface area contributed by atoms with E-state index in [0.717, 1.165) is 5.56 Å². The first-order valence-electron chi connectivity index (χ1n) is 7.92. The number of allylic oxidation sites excluding steroid dienone is 4. The topological polar surface area (TPSA) is 115 Å². The quantitative estimate of drug-likeness (QED) is 0.565. The Balaban J connectivity index is 2.04. The molecule has 0 unspecified atom stereocenters. The van der Waals surface area contributed by atoms with Crippen molar-refractivity contribution < 1.29 is 4.42 Å². The van der Waals surface area contributed by atoms with Gasteiger partial charge in [0.05, 0.1) is 23.5 Å². The fraction of sp³-hybridized carbons (Fsp3) is 0.0500. The minimum atomic E-state index is 0.126. The summed E-state index contributed by atoms with van der Waals surface area (Å²) < 4.78 is 5.68. The van der Waals surface area contributed by atoms with E-state index >= 15 is 0 Å². The predicted molar refractivity (Wildman–Crippen MR) is 102 cm³/mol. The van der Waals surface area contributed by atoms with Gasteiger partial charge in [0.2, 0.25) is 5.89 Å². The Bertz CT molecular complexity index is 1130.